The maximum Gasteiger partial charge on any atom is 0.341 e. The molecule has 0 spiro atoms. The van der Waals surface area contributed by atoms with Crippen LogP contribution in [0.2, 0.25) is 0 Å². The van der Waals surface area contributed by atoms with Crippen molar-refractivity contribution in [3.05, 3.63) is 53.8 Å². The number of aliphatic hydroxyl groups is 2. The van der Waals surface area contributed by atoms with E-state index < -0.39 is 29.2 Å². The Balaban J connectivity index is 2.66. The van der Waals surface area contributed by atoms with E-state index in [2.05, 4.69) is 0 Å². The summed E-state index contributed by atoms with van der Waals surface area (Å²) in [5.41, 5.74) is -2.49. The monoisotopic (exact) mass is 276 g/mol. The van der Waals surface area contributed by atoms with Crippen molar-refractivity contribution in [1.82, 2.24) is 0 Å². The molecule has 0 heterocycles. The van der Waals surface area contributed by atoms with Crippen LogP contribution < -0.4 is 0 Å². The minimum Gasteiger partial charge on any atom is -0.508 e. The molecule has 0 aliphatic heterocycles. The van der Waals surface area contributed by atoms with E-state index in [1.54, 1.807) is 18.2 Å². The molecule has 1 aromatic rings. The molecule has 6 heteroatoms. The standard InChI is InChI=1S/C14H12O6/c15-9-6-10(8-4-2-1-3-5-8)14(20,13(18)19)11(7-9)12(16)17/h1-7,11,15,20H,(H,16,17)(H,18,19). The van der Waals surface area contributed by atoms with Crippen LogP contribution in [-0.2, 0) is 9.59 Å². The number of aliphatic carboxylic acids is 2. The Hall–Kier alpha value is -2.60. The fourth-order valence-corrected chi connectivity index (χ4v) is 2.18. The van der Waals surface area contributed by atoms with E-state index in [-0.39, 0.29) is 5.57 Å². The fraction of sp³-hybridized carbons (Fsp3) is 0.143. The van der Waals surface area contributed by atoms with Crippen LogP contribution in [0.1, 0.15) is 5.56 Å². The molecule has 20 heavy (non-hydrogen) atoms. The first-order valence-electron chi connectivity index (χ1n) is 5.74. The van der Waals surface area contributed by atoms with Gasteiger partial charge in [0.15, 0.2) is 0 Å². The Morgan fingerprint density at radius 2 is 1.70 bits per heavy atom. The quantitative estimate of drug-likeness (QED) is 0.655. The van der Waals surface area contributed by atoms with Gasteiger partial charge in [-0.2, -0.15) is 0 Å². The molecule has 2 atom stereocenters. The molecule has 0 amide bonds. The van der Waals surface area contributed by atoms with Gasteiger partial charge < -0.3 is 20.4 Å². The summed E-state index contributed by atoms with van der Waals surface area (Å²) < 4.78 is 0. The Morgan fingerprint density at radius 1 is 1.10 bits per heavy atom. The highest BCUT2D eigenvalue weighted by atomic mass is 16.4. The summed E-state index contributed by atoms with van der Waals surface area (Å²) in [4.78, 5) is 22.6. The van der Waals surface area contributed by atoms with Crippen LogP contribution in [0.15, 0.2) is 48.2 Å². The molecule has 0 bridgehead atoms. The number of carbonyl (C=O) groups is 2. The number of carboxylic acids is 2. The van der Waals surface area contributed by atoms with E-state index in [1.165, 1.54) is 12.1 Å². The lowest BCUT2D eigenvalue weighted by atomic mass is 9.74. The second-order valence-corrected chi connectivity index (χ2v) is 4.40. The highest BCUT2D eigenvalue weighted by Gasteiger charge is 2.52. The van der Waals surface area contributed by atoms with Crippen molar-refractivity contribution in [2.45, 2.75) is 5.60 Å². The molecule has 0 radical (unpaired) electrons. The summed E-state index contributed by atoms with van der Waals surface area (Å²) in [7, 11) is 0. The first kappa shape index (κ1) is 13.8. The number of allylic oxidation sites excluding steroid dienone is 1. The van der Waals surface area contributed by atoms with Crippen molar-refractivity contribution >= 4 is 17.5 Å². The van der Waals surface area contributed by atoms with E-state index in [0.29, 0.717) is 5.56 Å². The number of carboxylic acid groups (broad SMARTS) is 2. The first-order valence-corrected chi connectivity index (χ1v) is 5.74. The zero-order valence-electron chi connectivity index (χ0n) is 10.2. The third kappa shape index (κ3) is 2.06. The van der Waals surface area contributed by atoms with Gasteiger partial charge in [0, 0.05) is 5.57 Å². The number of hydrogen-bond acceptors (Lipinski definition) is 4. The first-order chi connectivity index (χ1) is 9.37. The highest BCUT2D eigenvalue weighted by molar-refractivity contribution is 6.01. The van der Waals surface area contributed by atoms with Gasteiger partial charge in [-0.3, -0.25) is 4.79 Å². The second kappa shape index (κ2) is 4.82. The lowest BCUT2D eigenvalue weighted by molar-refractivity contribution is -0.164. The predicted molar refractivity (Wildman–Crippen MR) is 68.8 cm³/mol. The largest absolute Gasteiger partial charge is 0.508 e. The summed E-state index contributed by atoms with van der Waals surface area (Å²) in [5, 5.41) is 38.4. The van der Waals surface area contributed by atoms with Gasteiger partial charge in [-0.05, 0) is 17.7 Å². The molecule has 2 unspecified atom stereocenters. The summed E-state index contributed by atoms with van der Waals surface area (Å²) in [6, 6.07) is 7.97. The third-order valence-electron chi connectivity index (χ3n) is 3.17. The summed E-state index contributed by atoms with van der Waals surface area (Å²) >= 11 is 0. The molecule has 2 rings (SSSR count). The molecule has 0 fully saturated rings. The maximum atomic E-state index is 11.4. The van der Waals surface area contributed by atoms with Gasteiger partial charge in [-0.25, -0.2) is 4.79 Å². The third-order valence-corrected chi connectivity index (χ3v) is 3.17. The Bertz CT molecular complexity index is 616. The van der Waals surface area contributed by atoms with Gasteiger partial charge >= 0.3 is 11.9 Å². The molecule has 6 nitrogen and oxygen atoms in total. The average molecular weight is 276 g/mol. The van der Waals surface area contributed by atoms with Gasteiger partial charge in [0.2, 0.25) is 5.60 Å². The molecular formula is C14H12O6. The van der Waals surface area contributed by atoms with Crippen LogP contribution in [0, 0.1) is 5.92 Å². The van der Waals surface area contributed by atoms with E-state index in [9.17, 15) is 24.9 Å². The van der Waals surface area contributed by atoms with Crippen LogP contribution in [0.25, 0.3) is 5.57 Å². The van der Waals surface area contributed by atoms with Crippen LogP contribution >= 0.6 is 0 Å². The molecule has 104 valence electrons. The van der Waals surface area contributed by atoms with Crippen LogP contribution in [-0.4, -0.2) is 38.0 Å². The molecule has 1 aliphatic carbocycles. The number of aliphatic hydroxyl groups excluding tert-OH is 1. The van der Waals surface area contributed by atoms with E-state index in [0.717, 1.165) is 12.2 Å². The van der Waals surface area contributed by atoms with Gasteiger partial charge in [-0.1, -0.05) is 30.3 Å². The van der Waals surface area contributed by atoms with Crippen molar-refractivity contribution < 1.29 is 30.0 Å². The average Bonchev–Trinajstić information content (AvgIpc) is 2.41. The number of benzene rings is 1. The molecule has 1 aliphatic rings. The van der Waals surface area contributed by atoms with Crippen LogP contribution in [0.5, 0.6) is 0 Å². The van der Waals surface area contributed by atoms with Gasteiger partial charge in [-0.15, -0.1) is 0 Å². The molecule has 4 N–H and O–H groups in total. The van der Waals surface area contributed by atoms with Gasteiger partial charge in [0.05, 0.1) is 0 Å². The van der Waals surface area contributed by atoms with Crippen molar-refractivity contribution in [1.29, 1.82) is 0 Å². The maximum absolute atomic E-state index is 11.4. The van der Waals surface area contributed by atoms with E-state index in [4.69, 9.17) is 5.11 Å². The van der Waals surface area contributed by atoms with Crippen LogP contribution in [0.3, 0.4) is 0 Å². The minimum atomic E-state index is -2.64. The van der Waals surface area contributed by atoms with Crippen LogP contribution in [0.4, 0.5) is 0 Å². The Labute approximate surface area is 113 Å². The summed E-state index contributed by atoms with van der Waals surface area (Å²) in [5.74, 6) is -5.41. The normalized spacial score (nSPS) is 25.6. The molecule has 0 aromatic heterocycles. The second-order valence-electron chi connectivity index (χ2n) is 4.40. The number of hydrogen-bond donors (Lipinski definition) is 4. The van der Waals surface area contributed by atoms with Gasteiger partial charge in [0.1, 0.15) is 11.7 Å². The molecule has 1 aromatic carbocycles. The topological polar surface area (TPSA) is 115 Å². The minimum absolute atomic E-state index is 0.169. The smallest absolute Gasteiger partial charge is 0.341 e. The van der Waals surface area contributed by atoms with Gasteiger partial charge in [0.25, 0.3) is 0 Å². The lowest BCUT2D eigenvalue weighted by Crippen LogP contribution is -2.50. The Kier molecular flexibility index (Phi) is 3.33. The van der Waals surface area contributed by atoms with E-state index >= 15 is 0 Å². The molecule has 0 saturated carbocycles. The van der Waals surface area contributed by atoms with Crippen molar-refractivity contribution in [2.24, 2.45) is 5.92 Å². The molecular weight excluding hydrogens is 264 g/mol. The van der Waals surface area contributed by atoms with E-state index in [1.807, 2.05) is 0 Å². The zero-order valence-corrected chi connectivity index (χ0v) is 10.2. The lowest BCUT2D eigenvalue weighted by Gasteiger charge is -2.33. The van der Waals surface area contributed by atoms with Crippen molar-refractivity contribution in [2.75, 3.05) is 0 Å². The van der Waals surface area contributed by atoms with Crippen molar-refractivity contribution in [3.63, 3.8) is 0 Å². The summed E-state index contributed by atoms with van der Waals surface area (Å²) in [6.07, 6.45) is 1.87. The number of rotatable bonds is 3. The van der Waals surface area contributed by atoms with Crippen molar-refractivity contribution in [3.8, 4) is 0 Å². The summed E-state index contributed by atoms with van der Waals surface area (Å²) in [6.45, 7) is 0. The SMILES string of the molecule is O=C(O)C1C=C(O)C=C(c2ccccc2)C1(O)C(=O)O. The Morgan fingerprint density at radius 3 is 2.20 bits per heavy atom. The predicted octanol–water partition coefficient (Wildman–Crippen LogP) is 1.04. The zero-order chi connectivity index (χ0) is 14.9. The highest BCUT2D eigenvalue weighted by Crippen LogP contribution is 2.39. The fourth-order valence-electron chi connectivity index (χ4n) is 2.18. The molecule has 0 saturated heterocycles.